The molecule has 0 saturated carbocycles. The lowest BCUT2D eigenvalue weighted by Crippen LogP contribution is -2.13. The Morgan fingerprint density at radius 2 is 1.71 bits per heavy atom. The number of benzene rings is 2. The molecule has 3 nitrogen and oxygen atoms in total. The molecule has 112 valence electrons. The summed E-state index contributed by atoms with van der Waals surface area (Å²) < 4.78 is 27.3. The van der Waals surface area contributed by atoms with Crippen LogP contribution in [-0.4, -0.2) is 8.42 Å². The largest absolute Gasteiger partial charge is 0.280 e. The summed E-state index contributed by atoms with van der Waals surface area (Å²) in [4.78, 5) is 0.280. The zero-order valence-corrected chi connectivity index (χ0v) is 13.4. The highest BCUT2D eigenvalue weighted by Crippen LogP contribution is 2.19. The number of anilines is 1. The van der Waals surface area contributed by atoms with Crippen molar-refractivity contribution in [2.45, 2.75) is 32.1 Å². The van der Waals surface area contributed by atoms with Gasteiger partial charge in [0, 0.05) is 5.69 Å². The highest BCUT2D eigenvalue weighted by atomic mass is 32.2. The monoisotopic (exact) mass is 303 g/mol. The Kier molecular flexibility index (Phi) is 4.68. The first kappa shape index (κ1) is 15.6. The van der Waals surface area contributed by atoms with Gasteiger partial charge in [-0.2, -0.15) is 0 Å². The van der Waals surface area contributed by atoms with Gasteiger partial charge >= 0.3 is 0 Å². The molecular formula is C17H21NO2S. The number of aryl methyl sites for hydroxylation is 1. The molecule has 21 heavy (non-hydrogen) atoms. The van der Waals surface area contributed by atoms with Crippen molar-refractivity contribution in [2.75, 3.05) is 4.72 Å². The molecule has 0 radical (unpaired) electrons. The van der Waals surface area contributed by atoms with Crippen molar-refractivity contribution in [1.82, 2.24) is 0 Å². The lowest BCUT2D eigenvalue weighted by molar-refractivity contribution is 0.601. The van der Waals surface area contributed by atoms with Gasteiger partial charge in [-0.05, 0) is 49.1 Å². The van der Waals surface area contributed by atoms with E-state index in [4.69, 9.17) is 0 Å². The Labute approximate surface area is 127 Å². The van der Waals surface area contributed by atoms with Gasteiger partial charge in [-0.25, -0.2) is 8.42 Å². The minimum atomic E-state index is -3.53. The molecule has 2 rings (SSSR count). The van der Waals surface area contributed by atoms with Crippen LogP contribution in [0.25, 0.3) is 0 Å². The quantitative estimate of drug-likeness (QED) is 0.907. The van der Waals surface area contributed by atoms with Crippen LogP contribution in [0.4, 0.5) is 5.69 Å². The van der Waals surface area contributed by atoms with E-state index in [-0.39, 0.29) is 4.90 Å². The molecule has 0 aliphatic carbocycles. The first-order valence-corrected chi connectivity index (χ1v) is 8.53. The van der Waals surface area contributed by atoms with Crippen molar-refractivity contribution in [3.8, 4) is 0 Å². The van der Waals surface area contributed by atoms with Gasteiger partial charge in [0.2, 0.25) is 0 Å². The molecule has 4 heteroatoms. The van der Waals surface area contributed by atoms with E-state index in [1.807, 2.05) is 25.1 Å². The fourth-order valence-corrected chi connectivity index (χ4v) is 3.21. The van der Waals surface area contributed by atoms with Gasteiger partial charge in [0.05, 0.1) is 4.90 Å². The minimum absolute atomic E-state index is 0.280. The fourth-order valence-electron chi connectivity index (χ4n) is 2.16. The Bertz CT molecular complexity index is 704. The van der Waals surface area contributed by atoms with Gasteiger partial charge in [-0.3, -0.25) is 4.72 Å². The van der Waals surface area contributed by atoms with Crippen LogP contribution < -0.4 is 4.72 Å². The smallest absolute Gasteiger partial charge is 0.261 e. The van der Waals surface area contributed by atoms with Gasteiger partial charge in [-0.1, -0.05) is 43.7 Å². The Morgan fingerprint density at radius 3 is 2.33 bits per heavy atom. The molecule has 1 N–H and O–H groups in total. The summed E-state index contributed by atoms with van der Waals surface area (Å²) in [6.45, 7) is 6.21. The SMILES string of the molecule is Cc1ccc(S(=O)(=O)Nc2cccc(CC(C)C)c2)cc1. The van der Waals surface area contributed by atoms with Crippen LogP contribution in [0.1, 0.15) is 25.0 Å². The molecule has 0 atom stereocenters. The van der Waals surface area contributed by atoms with E-state index in [0.29, 0.717) is 11.6 Å². The minimum Gasteiger partial charge on any atom is -0.280 e. The van der Waals surface area contributed by atoms with Crippen molar-refractivity contribution >= 4 is 15.7 Å². The second-order valence-electron chi connectivity index (χ2n) is 5.72. The van der Waals surface area contributed by atoms with Crippen molar-refractivity contribution in [2.24, 2.45) is 5.92 Å². The molecular weight excluding hydrogens is 282 g/mol. The number of hydrogen-bond acceptors (Lipinski definition) is 2. The van der Waals surface area contributed by atoms with Gasteiger partial charge in [0.15, 0.2) is 0 Å². The van der Waals surface area contributed by atoms with Crippen LogP contribution in [0, 0.1) is 12.8 Å². The van der Waals surface area contributed by atoms with Crippen molar-refractivity contribution in [3.05, 3.63) is 59.7 Å². The summed E-state index contributed by atoms with van der Waals surface area (Å²) in [6, 6.07) is 14.4. The number of nitrogens with one attached hydrogen (secondary N) is 1. The standard InChI is InChI=1S/C17H21NO2S/c1-13(2)11-15-5-4-6-16(12-15)18-21(19,20)17-9-7-14(3)8-10-17/h4-10,12-13,18H,11H2,1-3H3. The zero-order valence-electron chi connectivity index (χ0n) is 12.6. The van der Waals surface area contributed by atoms with Gasteiger partial charge in [-0.15, -0.1) is 0 Å². The lowest BCUT2D eigenvalue weighted by atomic mass is 10.0. The van der Waals surface area contributed by atoms with Crippen LogP contribution in [-0.2, 0) is 16.4 Å². The zero-order chi connectivity index (χ0) is 15.5. The molecule has 0 aliphatic heterocycles. The van der Waals surface area contributed by atoms with E-state index >= 15 is 0 Å². The predicted molar refractivity (Wildman–Crippen MR) is 87.0 cm³/mol. The molecule has 0 aromatic heterocycles. The molecule has 0 fully saturated rings. The topological polar surface area (TPSA) is 46.2 Å². The maximum absolute atomic E-state index is 12.3. The third-order valence-electron chi connectivity index (χ3n) is 3.15. The lowest BCUT2D eigenvalue weighted by Gasteiger charge is -2.11. The molecule has 0 amide bonds. The first-order valence-electron chi connectivity index (χ1n) is 7.05. The molecule has 0 saturated heterocycles. The van der Waals surface area contributed by atoms with Crippen LogP contribution in [0.2, 0.25) is 0 Å². The van der Waals surface area contributed by atoms with Crippen LogP contribution in [0.5, 0.6) is 0 Å². The van der Waals surface area contributed by atoms with Gasteiger partial charge in [0.25, 0.3) is 10.0 Å². The van der Waals surface area contributed by atoms with E-state index in [1.165, 1.54) is 0 Å². The molecule has 0 heterocycles. The summed E-state index contributed by atoms with van der Waals surface area (Å²) in [5, 5.41) is 0. The number of hydrogen-bond donors (Lipinski definition) is 1. The average molecular weight is 303 g/mol. The van der Waals surface area contributed by atoms with E-state index in [1.54, 1.807) is 30.3 Å². The summed E-state index contributed by atoms with van der Waals surface area (Å²) in [5.74, 6) is 0.536. The van der Waals surface area contributed by atoms with Gasteiger partial charge < -0.3 is 0 Å². The molecule has 0 unspecified atom stereocenters. The highest BCUT2D eigenvalue weighted by molar-refractivity contribution is 7.92. The maximum Gasteiger partial charge on any atom is 0.261 e. The highest BCUT2D eigenvalue weighted by Gasteiger charge is 2.13. The van der Waals surface area contributed by atoms with Crippen LogP contribution in [0.15, 0.2) is 53.4 Å². The van der Waals surface area contributed by atoms with Crippen LogP contribution >= 0.6 is 0 Å². The molecule has 0 bridgehead atoms. The van der Waals surface area contributed by atoms with Gasteiger partial charge in [0.1, 0.15) is 0 Å². The summed E-state index contributed by atoms with van der Waals surface area (Å²) in [6.07, 6.45) is 0.931. The molecule has 0 spiro atoms. The molecule has 0 aliphatic rings. The second-order valence-corrected chi connectivity index (χ2v) is 7.40. The van der Waals surface area contributed by atoms with Crippen LogP contribution in [0.3, 0.4) is 0 Å². The average Bonchev–Trinajstić information content (AvgIpc) is 2.38. The van der Waals surface area contributed by atoms with E-state index in [9.17, 15) is 8.42 Å². The first-order chi connectivity index (χ1) is 9.87. The number of sulfonamides is 1. The Morgan fingerprint density at radius 1 is 1.05 bits per heavy atom. The van der Waals surface area contributed by atoms with E-state index < -0.39 is 10.0 Å². The summed E-state index contributed by atoms with van der Waals surface area (Å²) in [7, 11) is -3.53. The molecule has 2 aromatic rings. The predicted octanol–water partition coefficient (Wildman–Crippen LogP) is 3.99. The third kappa shape index (κ3) is 4.33. The summed E-state index contributed by atoms with van der Waals surface area (Å²) in [5.41, 5.74) is 2.77. The van der Waals surface area contributed by atoms with Crippen molar-refractivity contribution in [3.63, 3.8) is 0 Å². The Hall–Kier alpha value is -1.81. The normalized spacial score (nSPS) is 11.6. The van der Waals surface area contributed by atoms with Crippen molar-refractivity contribution < 1.29 is 8.42 Å². The second kappa shape index (κ2) is 6.31. The van der Waals surface area contributed by atoms with E-state index in [2.05, 4.69) is 18.6 Å². The maximum atomic E-state index is 12.3. The third-order valence-corrected chi connectivity index (χ3v) is 4.55. The van der Waals surface area contributed by atoms with Crippen molar-refractivity contribution in [1.29, 1.82) is 0 Å². The van der Waals surface area contributed by atoms with E-state index in [0.717, 1.165) is 17.5 Å². The number of rotatable bonds is 5. The fraction of sp³-hybridized carbons (Fsp3) is 0.294. The molecule has 2 aromatic carbocycles. The Balaban J connectivity index is 2.22. The summed E-state index contributed by atoms with van der Waals surface area (Å²) >= 11 is 0.